The lowest BCUT2D eigenvalue weighted by atomic mass is 10.4. The SMILES string of the molecule is Cn1cccc1CNS(=O)(=O)CCC(=O)O. The molecule has 0 spiro atoms. The molecule has 0 fully saturated rings. The summed E-state index contributed by atoms with van der Waals surface area (Å²) < 4.78 is 26.9. The van der Waals surface area contributed by atoms with Gasteiger partial charge in [0.05, 0.1) is 18.7 Å². The fourth-order valence-electron chi connectivity index (χ4n) is 1.16. The average Bonchev–Trinajstić information content (AvgIpc) is 2.59. The zero-order valence-corrected chi connectivity index (χ0v) is 9.70. The fourth-order valence-corrected chi connectivity index (χ4v) is 2.11. The van der Waals surface area contributed by atoms with Crippen LogP contribution in [0.15, 0.2) is 18.3 Å². The molecule has 1 rings (SSSR count). The molecule has 16 heavy (non-hydrogen) atoms. The van der Waals surface area contributed by atoms with E-state index < -0.39 is 21.7 Å². The molecule has 0 radical (unpaired) electrons. The summed E-state index contributed by atoms with van der Waals surface area (Å²) in [4.78, 5) is 10.2. The molecule has 1 heterocycles. The normalized spacial score (nSPS) is 11.6. The summed E-state index contributed by atoms with van der Waals surface area (Å²) in [6.45, 7) is 0.172. The first-order chi connectivity index (χ1) is 7.41. The predicted molar refractivity (Wildman–Crippen MR) is 58.3 cm³/mol. The topological polar surface area (TPSA) is 88.4 Å². The van der Waals surface area contributed by atoms with Crippen LogP contribution in [0.5, 0.6) is 0 Å². The van der Waals surface area contributed by atoms with Gasteiger partial charge in [-0.1, -0.05) is 0 Å². The smallest absolute Gasteiger partial charge is 0.304 e. The number of carbonyl (C=O) groups is 1. The number of nitrogens with one attached hydrogen (secondary N) is 1. The molecule has 0 aliphatic carbocycles. The van der Waals surface area contributed by atoms with Crippen LogP contribution >= 0.6 is 0 Å². The lowest BCUT2D eigenvalue weighted by molar-refractivity contribution is -0.136. The van der Waals surface area contributed by atoms with Gasteiger partial charge in [-0.05, 0) is 12.1 Å². The van der Waals surface area contributed by atoms with E-state index in [1.54, 1.807) is 29.9 Å². The standard InChI is InChI=1S/C9H14N2O4S/c1-11-5-2-3-8(11)7-10-16(14,15)6-4-9(12)13/h2-3,5,10H,4,6-7H2,1H3,(H,12,13). The van der Waals surface area contributed by atoms with Gasteiger partial charge in [-0.15, -0.1) is 0 Å². The van der Waals surface area contributed by atoms with Crippen molar-refractivity contribution >= 4 is 16.0 Å². The molecule has 0 saturated heterocycles. The van der Waals surface area contributed by atoms with Crippen LogP contribution in [-0.4, -0.2) is 29.8 Å². The van der Waals surface area contributed by atoms with Gasteiger partial charge < -0.3 is 9.67 Å². The minimum absolute atomic E-state index is 0.172. The molecule has 6 nitrogen and oxygen atoms in total. The van der Waals surface area contributed by atoms with Gasteiger partial charge in [-0.25, -0.2) is 13.1 Å². The van der Waals surface area contributed by atoms with Gasteiger partial charge >= 0.3 is 5.97 Å². The van der Waals surface area contributed by atoms with Gasteiger partial charge in [0, 0.05) is 18.9 Å². The van der Waals surface area contributed by atoms with Crippen LogP contribution in [0.2, 0.25) is 0 Å². The van der Waals surface area contributed by atoms with Crippen LogP contribution in [0, 0.1) is 0 Å². The van der Waals surface area contributed by atoms with Crippen LogP contribution in [0.3, 0.4) is 0 Å². The summed E-state index contributed by atoms with van der Waals surface area (Å²) in [5, 5.41) is 8.38. The van der Waals surface area contributed by atoms with E-state index >= 15 is 0 Å². The highest BCUT2D eigenvalue weighted by molar-refractivity contribution is 7.89. The van der Waals surface area contributed by atoms with E-state index in [9.17, 15) is 13.2 Å². The first kappa shape index (κ1) is 12.7. The molecule has 0 aromatic carbocycles. The number of rotatable bonds is 6. The Bertz CT molecular complexity index is 464. The van der Waals surface area contributed by atoms with Gasteiger partial charge in [0.15, 0.2) is 0 Å². The molecular formula is C9H14N2O4S. The van der Waals surface area contributed by atoms with Crippen LogP contribution in [0.25, 0.3) is 0 Å². The van der Waals surface area contributed by atoms with Gasteiger partial charge in [0.25, 0.3) is 0 Å². The number of hydrogen-bond donors (Lipinski definition) is 2. The van der Waals surface area contributed by atoms with Crippen LogP contribution in [0.1, 0.15) is 12.1 Å². The van der Waals surface area contributed by atoms with Crippen molar-refractivity contribution in [2.24, 2.45) is 7.05 Å². The summed E-state index contributed by atoms with van der Waals surface area (Å²) in [7, 11) is -1.71. The molecule has 0 atom stereocenters. The van der Waals surface area contributed by atoms with E-state index in [4.69, 9.17) is 5.11 Å². The predicted octanol–water partition coefficient (Wildman–Crippen LogP) is -0.0808. The first-order valence-corrected chi connectivity index (χ1v) is 6.35. The van der Waals surface area contributed by atoms with Crippen molar-refractivity contribution in [3.63, 3.8) is 0 Å². The Morgan fingerprint density at radius 1 is 1.56 bits per heavy atom. The highest BCUT2D eigenvalue weighted by Crippen LogP contribution is 2.00. The van der Waals surface area contributed by atoms with Crippen LogP contribution < -0.4 is 4.72 Å². The second-order valence-electron chi connectivity index (χ2n) is 3.39. The highest BCUT2D eigenvalue weighted by Gasteiger charge is 2.12. The monoisotopic (exact) mass is 246 g/mol. The summed E-state index contributed by atoms with van der Waals surface area (Å²) >= 11 is 0. The number of hydrogen-bond acceptors (Lipinski definition) is 3. The third-order valence-electron chi connectivity index (χ3n) is 2.11. The molecule has 0 unspecified atom stereocenters. The zero-order valence-electron chi connectivity index (χ0n) is 8.88. The molecule has 1 aromatic heterocycles. The van der Waals surface area contributed by atoms with Crippen molar-refractivity contribution in [1.29, 1.82) is 0 Å². The zero-order chi connectivity index (χ0) is 12.2. The largest absolute Gasteiger partial charge is 0.481 e. The molecular weight excluding hydrogens is 232 g/mol. The highest BCUT2D eigenvalue weighted by atomic mass is 32.2. The fraction of sp³-hybridized carbons (Fsp3) is 0.444. The average molecular weight is 246 g/mol. The number of carboxylic acid groups (broad SMARTS) is 1. The third-order valence-corrected chi connectivity index (χ3v) is 3.43. The van der Waals surface area contributed by atoms with E-state index in [2.05, 4.69) is 4.72 Å². The van der Waals surface area contributed by atoms with E-state index in [1.165, 1.54) is 0 Å². The van der Waals surface area contributed by atoms with Crippen LogP contribution in [-0.2, 0) is 28.4 Å². The Labute approximate surface area is 93.9 Å². The first-order valence-electron chi connectivity index (χ1n) is 4.70. The van der Waals surface area contributed by atoms with Crippen molar-refractivity contribution < 1.29 is 18.3 Å². The Morgan fingerprint density at radius 2 is 2.25 bits per heavy atom. The van der Waals surface area contributed by atoms with Gasteiger partial charge in [-0.3, -0.25) is 4.79 Å². The van der Waals surface area contributed by atoms with Crippen molar-refractivity contribution in [2.75, 3.05) is 5.75 Å². The number of aliphatic carboxylic acids is 1. The number of carboxylic acids is 1. The van der Waals surface area contributed by atoms with E-state index in [1.807, 2.05) is 0 Å². The maximum atomic E-state index is 11.4. The van der Waals surface area contributed by atoms with E-state index in [0.717, 1.165) is 5.69 Å². The third kappa shape index (κ3) is 4.03. The molecule has 1 aromatic rings. The molecule has 0 saturated carbocycles. The molecule has 0 amide bonds. The molecule has 2 N–H and O–H groups in total. The number of aromatic nitrogens is 1. The molecule has 0 bridgehead atoms. The minimum atomic E-state index is -3.51. The van der Waals surface area contributed by atoms with Crippen molar-refractivity contribution in [3.8, 4) is 0 Å². The molecule has 0 aliphatic heterocycles. The van der Waals surface area contributed by atoms with Gasteiger partial charge in [-0.2, -0.15) is 0 Å². The molecule has 0 aliphatic rings. The van der Waals surface area contributed by atoms with Gasteiger partial charge in [0.1, 0.15) is 0 Å². The molecule has 7 heteroatoms. The van der Waals surface area contributed by atoms with Crippen LogP contribution in [0.4, 0.5) is 0 Å². The summed E-state index contributed by atoms with van der Waals surface area (Å²) in [6, 6.07) is 3.60. The summed E-state index contributed by atoms with van der Waals surface area (Å²) in [5.41, 5.74) is 0.818. The van der Waals surface area contributed by atoms with E-state index in [0.29, 0.717) is 0 Å². The Hall–Kier alpha value is -1.34. The summed E-state index contributed by atoms with van der Waals surface area (Å²) in [6.07, 6.45) is 1.42. The number of aryl methyl sites for hydroxylation is 1. The van der Waals surface area contributed by atoms with E-state index in [-0.39, 0.29) is 13.0 Å². The van der Waals surface area contributed by atoms with Crippen molar-refractivity contribution in [3.05, 3.63) is 24.0 Å². The second kappa shape index (κ2) is 5.13. The number of sulfonamides is 1. The Morgan fingerprint density at radius 3 is 2.75 bits per heavy atom. The Balaban J connectivity index is 2.48. The summed E-state index contributed by atoms with van der Waals surface area (Å²) in [5.74, 6) is -1.52. The molecule has 90 valence electrons. The maximum Gasteiger partial charge on any atom is 0.304 e. The van der Waals surface area contributed by atoms with Crippen molar-refractivity contribution in [2.45, 2.75) is 13.0 Å². The second-order valence-corrected chi connectivity index (χ2v) is 5.32. The quantitative estimate of drug-likeness (QED) is 0.734. The Kier molecular flexibility index (Phi) is 4.08. The lowest BCUT2D eigenvalue weighted by Crippen LogP contribution is -2.27. The van der Waals surface area contributed by atoms with Crippen molar-refractivity contribution in [1.82, 2.24) is 9.29 Å². The van der Waals surface area contributed by atoms with Gasteiger partial charge in [0.2, 0.25) is 10.0 Å². The lowest BCUT2D eigenvalue weighted by Gasteiger charge is -2.06. The minimum Gasteiger partial charge on any atom is -0.481 e. The maximum absolute atomic E-state index is 11.4. The number of nitrogens with zero attached hydrogens (tertiary/aromatic N) is 1.